The smallest absolute Gasteiger partial charge is 0.348 e. The number of nitrogens with one attached hydrogen (secondary N) is 1. The van der Waals surface area contributed by atoms with Gasteiger partial charge in [0, 0.05) is 13.1 Å². The lowest BCUT2D eigenvalue weighted by Gasteiger charge is -2.32. The van der Waals surface area contributed by atoms with Crippen molar-refractivity contribution in [1.82, 2.24) is 4.90 Å². The topological polar surface area (TPSA) is 67.9 Å². The van der Waals surface area contributed by atoms with Gasteiger partial charge in [0.2, 0.25) is 0 Å². The van der Waals surface area contributed by atoms with Crippen LogP contribution in [0.5, 0.6) is 0 Å². The summed E-state index contributed by atoms with van der Waals surface area (Å²) in [5, 5.41) is 4.19. The summed E-state index contributed by atoms with van der Waals surface area (Å²) in [4.78, 5) is 26.5. The first-order valence-corrected chi connectivity index (χ1v) is 8.97. The molecule has 1 aliphatic rings. The molecule has 0 unspecified atom stereocenters. The number of piperidine rings is 1. The number of thiophene rings is 1. The Morgan fingerprint density at radius 1 is 1.21 bits per heavy atom. The number of hydrogen-bond acceptors (Lipinski definition) is 6. The quantitative estimate of drug-likeness (QED) is 0.648. The highest BCUT2D eigenvalue weighted by atomic mass is 32.1. The van der Waals surface area contributed by atoms with Crippen molar-refractivity contribution in [3.63, 3.8) is 0 Å². The van der Waals surface area contributed by atoms with E-state index >= 15 is 0 Å². The number of carbonyl (C=O) groups is 2. The molecule has 0 saturated carbocycles. The highest BCUT2D eigenvalue weighted by Crippen LogP contribution is 2.34. The summed E-state index contributed by atoms with van der Waals surface area (Å²) in [6.07, 6.45) is 2.17. The van der Waals surface area contributed by atoms with E-state index in [0.29, 0.717) is 32.0 Å². The summed E-state index contributed by atoms with van der Waals surface area (Å²) >= 11 is 6.63. The molecule has 1 fully saturated rings. The maximum absolute atomic E-state index is 12.1. The predicted molar refractivity (Wildman–Crippen MR) is 97.9 cm³/mol. The van der Waals surface area contributed by atoms with Crippen molar-refractivity contribution in [3.8, 4) is 0 Å². The second-order valence-corrected chi connectivity index (χ2v) is 7.25. The molecule has 0 radical (unpaired) electrons. The van der Waals surface area contributed by atoms with Crippen LogP contribution in [-0.4, -0.2) is 49.3 Å². The Morgan fingerprint density at radius 2 is 1.79 bits per heavy atom. The third kappa shape index (κ3) is 3.87. The zero-order chi connectivity index (χ0) is 17.9. The van der Waals surface area contributed by atoms with E-state index in [-0.39, 0.29) is 0 Å². The number of nitrogens with zero attached hydrogens (tertiary/aromatic N) is 1. The van der Waals surface area contributed by atoms with Crippen LogP contribution in [0, 0.1) is 12.8 Å². The van der Waals surface area contributed by atoms with Crippen LogP contribution in [-0.2, 0) is 9.47 Å². The van der Waals surface area contributed by atoms with Crippen molar-refractivity contribution in [1.29, 1.82) is 0 Å². The maximum Gasteiger partial charge on any atom is 0.348 e. The minimum absolute atomic E-state index is 0.329. The summed E-state index contributed by atoms with van der Waals surface area (Å²) in [6, 6.07) is 0. The Morgan fingerprint density at radius 3 is 2.33 bits per heavy atom. The molecule has 0 bridgehead atoms. The van der Waals surface area contributed by atoms with E-state index in [0.717, 1.165) is 37.3 Å². The molecule has 0 amide bonds. The third-order valence-electron chi connectivity index (χ3n) is 4.20. The van der Waals surface area contributed by atoms with Gasteiger partial charge < -0.3 is 19.7 Å². The largest absolute Gasteiger partial charge is 0.465 e. The molecule has 0 aliphatic carbocycles. The predicted octanol–water partition coefficient (Wildman–Crippen LogP) is 3.06. The summed E-state index contributed by atoms with van der Waals surface area (Å²) in [6.45, 7) is 5.70. The number of likely N-dealkylation sites (tertiary alicyclic amines) is 1. The minimum atomic E-state index is -0.503. The lowest BCUT2D eigenvalue weighted by Crippen LogP contribution is -2.40. The van der Waals surface area contributed by atoms with Gasteiger partial charge in [-0.05, 0) is 43.5 Å². The second-order valence-electron chi connectivity index (χ2n) is 5.84. The molecule has 2 rings (SSSR count). The lowest BCUT2D eigenvalue weighted by atomic mass is 10.00. The van der Waals surface area contributed by atoms with Gasteiger partial charge in [0.05, 0.1) is 19.8 Å². The van der Waals surface area contributed by atoms with E-state index < -0.39 is 11.9 Å². The van der Waals surface area contributed by atoms with Gasteiger partial charge in [-0.25, -0.2) is 9.59 Å². The van der Waals surface area contributed by atoms with Crippen molar-refractivity contribution in [2.24, 2.45) is 5.92 Å². The summed E-state index contributed by atoms with van der Waals surface area (Å²) in [7, 11) is 2.62. The zero-order valence-corrected chi connectivity index (χ0v) is 15.9. The van der Waals surface area contributed by atoms with E-state index in [4.69, 9.17) is 21.7 Å². The second kappa shape index (κ2) is 7.94. The van der Waals surface area contributed by atoms with E-state index in [2.05, 4.69) is 17.1 Å². The first-order valence-electron chi connectivity index (χ1n) is 7.75. The summed E-state index contributed by atoms with van der Waals surface area (Å²) < 4.78 is 9.62. The van der Waals surface area contributed by atoms with Crippen LogP contribution >= 0.6 is 23.6 Å². The normalized spacial score (nSPS) is 15.1. The number of ether oxygens (including phenoxy) is 2. The number of hydrogen-bond donors (Lipinski definition) is 1. The molecule has 1 N–H and O–H groups in total. The number of esters is 2. The van der Waals surface area contributed by atoms with E-state index in [1.54, 1.807) is 6.92 Å². The van der Waals surface area contributed by atoms with Crippen LogP contribution in [0.4, 0.5) is 5.00 Å². The van der Waals surface area contributed by atoms with Gasteiger partial charge in [0.25, 0.3) is 0 Å². The van der Waals surface area contributed by atoms with Crippen molar-refractivity contribution >= 4 is 45.6 Å². The van der Waals surface area contributed by atoms with Crippen LogP contribution in [0.15, 0.2) is 0 Å². The van der Waals surface area contributed by atoms with Gasteiger partial charge in [-0.2, -0.15) is 0 Å². The number of carbonyl (C=O) groups excluding carboxylic acids is 2. The average Bonchev–Trinajstić information content (AvgIpc) is 2.90. The van der Waals surface area contributed by atoms with Crippen LogP contribution in [0.1, 0.15) is 45.4 Å². The van der Waals surface area contributed by atoms with Gasteiger partial charge in [-0.15, -0.1) is 11.3 Å². The summed E-state index contributed by atoms with van der Waals surface area (Å²) in [5.41, 5.74) is 0.867. The zero-order valence-electron chi connectivity index (χ0n) is 14.3. The van der Waals surface area contributed by atoms with Gasteiger partial charge in [0.15, 0.2) is 5.11 Å². The Kier molecular flexibility index (Phi) is 6.17. The highest BCUT2D eigenvalue weighted by Gasteiger charge is 2.27. The van der Waals surface area contributed by atoms with Crippen LogP contribution in [0.2, 0.25) is 0 Å². The molecule has 1 saturated heterocycles. The van der Waals surface area contributed by atoms with Crippen LogP contribution in [0.3, 0.4) is 0 Å². The molecule has 0 spiro atoms. The average molecular weight is 370 g/mol. The highest BCUT2D eigenvalue weighted by molar-refractivity contribution is 7.80. The fraction of sp³-hybridized carbons (Fsp3) is 0.562. The third-order valence-corrected chi connectivity index (χ3v) is 5.75. The van der Waals surface area contributed by atoms with Gasteiger partial charge >= 0.3 is 11.9 Å². The molecule has 2 heterocycles. The number of anilines is 1. The van der Waals surface area contributed by atoms with Crippen LogP contribution in [0.25, 0.3) is 0 Å². The lowest BCUT2D eigenvalue weighted by molar-refractivity contribution is 0.0601. The molecule has 1 aromatic heterocycles. The Labute approximate surface area is 151 Å². The maximum atomic E-state index is 12.1. The van der Waals surface area contributed by atoms with Gasteiger partial charge in [-0.3, -0.25) is 0 Å². The molecule has 24 heavy (non-hydrogen) atoms. The molecular weight excluding hydrogens is 348 g/mol. The van der Waals surface area contributed by atoms with Crippen molar-refractivity contribution in [3.05, 3.63) is 16.0 Å². The van der Waals surface area contributed by atoms with E-state index in [9.17, 15) is 9.59 Å². The molecule has 0 aromatic carbocycles. The van der Waals surface area contributed by atoms with Crippen LogP contribution < -0.4 is 5.32 Å². The minimum Gasteiger partial charge on any atom is -0.465 e. The van der Waals surface area contributed by atoms with Crippen molar-refractivity contribution in [2.45, 2.75) is 26.7 Å². The number of thiocarbonyl (C=S) groups is 1. The Balaban J connectivity index is 2.26. The fourth-order valence-corrected chi connectivity index (χ4v) is 4.09. The van der Waals surface area contributed by atoms with E-state index in [1.807, 2.05) is 0 Å². The van der Waals surface area contributed by atoms with E-state index in [1.165, 1.54) is 14.2 Å². The SMILES string of the molecule is COC(=O)c1sc(NC(=S)N2CCC(C)CC2)c(C(=O)OC)c1C. The Bertz CT molecular complexity index is 649. The molecule has 1 aliphatic heterocycles. The van der Waals surface area contributed by atoms with Gasteiger partial charge in [0.1, 0.15) is 9.88 Å². The molecular formula is C16H22N2O4S2. The first kappa shape index (κ1) is 18.7. The molecule has 1 aromatic rings. The first-order chi connectivity index (χ1) is 11.4. The van der Waals surface area contributed by atoms with Gasteiger partial charge in [-0.1, -0.05) is 6.92 Å². The molecule has 6 nitrogen and oxygen atoms in total. The molecule has 0 atom stereocenters. The standard InChI is InChI=1S/C16H22N2O4S2/c1-9-5-7-18(8-6-9)16(23)17-13-11(14(19)21-3)10(2)12(24-13)15(20)22-4/h9H,5-8H2,1-4H3,(H,17,23). The molecule has 8 heteroatoms. The van der Waals surface area contributed by atoms with Crippen molar-refractivity contribution in [2.75, 3.05) is 32.6 Å². The number of rotatable bonds is 3. The monoisotopic (exact) mass is 370 g/mol. The Hall–Kier alpha value is -1.67. The summed E-state index contributed by atoms with van der Waals surface area (Å²) in [5.74, 6) is -0.283. The fourth-order valence-electron chi connectivity index (χ4n) is 2.62. The van der Waals surface area contributed by atoms with Crippen molar-refractivity contribution < 1.29 is 19.1 Å². The number of methoxy groups -OCH3 is 2. The molecule has 132 valence electrons.